The topological polar surface area (TPSA) is 89.1 Å². The van der Waals surface area contributed by atoms with Crippen LogP contribution in [0.1, 0.15) is 45.8 Å². The SMILES string of the molecule is Cc1nc(SCc2noc(C3CC3)n2)sc1C(=O)O. The van der Waals surface area contributed by atoms with Gasteiger partial charge in [0.1, 0.15) is 4.88 Å². The smallest absolute Gasteiger partial charge is 0.347 e. The van der Waals surface area contributed by atoms with E-state index in [1.165, 1.54) is 23.1 Å². The third kappa shape index (κ3) is 2.79. The van der Waals surface area contributed by atoms with Crippen LogP contribution in [0.4, 0.5) is 0 Å². The van der Waals surface area contributed by atoms with Gasteiger partial charge in [0, 0.05) is 5.92 Å². The van der Waals surface area contributed by atoms with Gasteiger partial charge >= 0.3 is 5.97 Å². The van der Waals surface area contributed by atoms with Gasteiger partial charge in [-0.2, -0.15) is 4.98 Å². The van der Waals surface area contributed by atoms with Gasteiger partial charge in [0.05, 0.1) is 11.4 Å². The lowest BCUT2D eigenvalue weighted by Crippen LogP contribution is -1.94. The molecule has 6 nitrogen and oxygen atoms in total. The van der Waals surface area contributed by atoms with Crippen molar-refractivity contribution in [1.29, 1.82) is 0 Å². The first-order valence-electron chi connectivity index (χ1n) is 5.79. The van der Waals surface area contributed by atoms with Crippen LogP contribution in [0.15, 0.2) is 8.86 Å². The summed E-state index contributed by atoms with van der Waals surface area (Å²) in [6.07, 6.45) is 2.25. The fourth-order valence-corrected chi connectivity index (χ4v) is 3.45. The van der Waals surface area contributed by atoms with Crippen LogP contribution < -0.4 is 0 Å². The maximum atomic E-state index is 10.9. The second-order valence-corrected chi connectivity index (χ2v) is 6.53. The van der Waals surface area contributed by atoms with Crippen molar-refractivity contribution in [3.8, 4) is 0 Å². The normalized spacial score (nSPS) is 14.8. The molecule has 0 radical (unpaired) electrons. The summed E-state index contributed by atoms with van der Waals surface area (Å²) in [6, 6.07) is 0. The Morgan fingerprint density at radius 2 is 2.32 bits per heavy atom. The van der Waals surface area contributed by atoms with Gasteiger partial charge in [-0.05, 0) is 19.8 Å². The Morgan fingerprint density at radius 1 is 1.53 bits per heavy atom. The molecule has 0 saturated heterocycles. The zero-order valence-electron chi connectivity index (χ0n) is 10.1. The number of aromatic nitrogens is 3. The fourth-order valence-electron chi connectivity index (χ4n) is 1.58. The predicted molar refractivity (Wildman–Crippen MR) is 69.6 cm³/mol. The van der Waals surface area contributed by atoms with Crippen molar-refractivity contribution in [2.24, 2.45) is 0 Å². The Kier molecular flexibility index (Phi) is 3.28. The molecule has 3 rings (SSSR count). The number of carboxylic acid groups (broad SMARTS) is 1. The molecule has 0 spiro atoms. The minimum atomic E-state index is -0.933. The Bertz CT molecular complexity index is 618. The molecule has 0 amide bonds. The van der Waals surface area contributed by atoms with E-state index in [1.807, 2.05) is 0 Å². The highest BCUT2D eigenvalue weighted by Gasteiger charge is 2.29. The van der Waals surface area contributed by atoms with E-state index in [9.17, 15) is 4.79 Å². The molecule has 8 heteroatoms. The van der Waals surface area contributed by atoms with Gasteiger partial charge in [-0.3, -0.25) is 0 Å². The summed E-state index contributed by atoms with van der Waals surface area (Å²) in [5, 5.41) is 12.9. The lowest BCUT2D eigenvalue weighted by Gasteiger charge is -1.90. The van der Waals surface area contributed by atoms with Crippen molar-refractivity contribution in [3.05, 3.63) is 22.3 Å². The molecular formula is C11H11N3O3S2. The zero-order chi connectivity index (χ0) is 13.4. The number of rotatable bonds is 5. The standard InChI is InChI=1S/C11H11N3O3S2/c1-5-8(10(15)16)19-11(12-5)18-4-7-13-9(17-14-7)6-2-3-6/h6H,2-4H2,1H3,(H,15,16). The van der Waals surface area contributed by atoms with E-state index < -0.39 is 5.97 Å². The van der Waals surface area contributed by atoms with Gasteiger partial charge < -0.3 is 9.63 Å². The molecule has 1 fully saturated rings. The Hall–Kier alpha value is -1.41. The van der Waals surface area contributed by atoms with Gasteiger partial charge in [-0.1, -0.05) is 16.9 Å². The number of aryl methyl sites for hydroxylation is 1. The van der Waals surface area contributed by atoms with Crippen LogP contribution in [0.2, 0.25) is 0 Å². The van der Waals surface area contributed by atoms with E-state index in [0.717, 1.165) is 18.7 Å². The molecule has 2 aromatic rings. The summed E-state index contributed by atoms with van der Waals surface area (Å²) in [7, 11) is 0. The molecule has 2 aromatic heterocycles. The van der Waals surface area contributed by atoms with Crippen molar-refractivity contribution >= 4 is 29.1 Å². The molecule has 0 bridgehead atoms. The van der Waals surface area contributed by atoms with Crippen molar-refractivity contribution in [1.82, 2.24) is 15.1 Å². The quantitative estimate of drug-likeness (QED) is 0.848. The Balaban J connectivity index is 1.64. The highest BCUT2D eigenvalue weighted by atomic mass is 32.2. The van der Waals surface area contributed by atoms with E-state index in [2.05, 4.69) is 15.1 Å². The summed E-state index contributed by atoms with van der Waals surface area (Å²) in [5.74, 6) is 1.42. The average molecular weight is 297 g/mol. The molecule has 1 N–H and O–H groups in total. The van der Waals surface area contributed by atoms with E-state index in [4.69, 9.17) is 9.63 Å². The molecule has 0 aliphatic heterocycles. The van der Waals surface area contributed by atoms with E-state index in [1.54, 1.807) is 6.92 Å². The van der Waals surface area contributed by atoms with Crippen LogP contribution in [0.25, 0.3) is 0 Å². The van der Waals surface area contributed by atoms with Crippen molar-refractivity contribution < 1.29 is 14.4 Å². The fraction of sp³-hybridized carbons (Fsp3) is 0.455. The number of carboxylic acids is 1. The highest BCUT2D eigenvalue weighted by Crippen LogP contribution is 2.39. The maximum absolute atomic E-state index is 10.9. The van der Waals surface area contributed by atoms with E-state index >= 15 is 0 Å². The first-order chi connectivity index (χ1) is 9.13. The molecule has 0 atom stereocenters. The number of hydrogen-bond donors (Lipinski definition) is 1. The number of aromatic carboxylic acids is 1. The Labute approximate surface area is 117 Å². The predicted octanol–water partition coefficient (Wildman–Crippen LogP) is 2.70. The second kappa shape index (κ2) is 4.93. The number of hydrogen-bond acceptors (Lipinski definition) is 7. The molecule has 1 saturated carbocycles. The summed E-state index contributed by atoms with van der Waals surface area (Å²) in [5.41, 5.74) is 0.548. The summed E-state index contributed by atoms with van der Waals surface area (Å²) < 4.78 is 5.87. The molecular weight excluding hydrogens is 286 g/mol. The van der Waals surface area contributed by atoms with E-state index in [0.29, 0.717) is 27.5 Å². The summed E-state index contributed by atoms with van der Waals surface area (Å²) in [4.78, 5) is 19.7. The molecule has 1 aliphatic rings. The van der Waals surface area contributed by atoms with Crippen LogP contribution in [0, 0.1) is 6.92 Å². The molecule has 0 aromatic carbocycles. The third-order valence-electron chi connectivity index (χ3n) is 2.71. The highest BCUT2D eigenvalue weighted by molar-refractivity contribution is 8.00. The summed E-state index contributed by atoms with van der Waals surface area (Å²) in [6.45, 7) is 1.70. The Morgan fingerprint density at radius 3 is 2.95 bits per heavy atom. The van der Waals surface area contributed by atoms with Crippen LogP contribution in [-0.2, 0) is 5.75 Å². The number of nitrogens with zero attached hydrogens (tertiary/aromatic N) is 3. The monoisotopic (exact) mass is 297 g/mol. The molecule has 2 heterocycles. The van der Waals surface area contributed by atoms with Gasteiger partial charge in [0.2, 0.25) is 5.89 Å². The minimum absolute atomic E-state index is 0.286. The molecule has 19 heavy (non-hydrogen) atoms. The lowest BCUT2D eigenvalue weighted by molar-refractivity contribution is 0.0701. The number of thiazole rings is 1. The van der Waals surface area contributed by atoms with Crippen LogP contribution in [-0.4, -0.2) is 26.2 Å². The minimum Gasteiger partial charge on any atom is -0.477 e. The van der Waals surface area contributed by atoms with Crippen molar-refractivity contribution in [2.45, 2.75) is 35.8 Å². The van der Waals surface area contributed by atoms with Crippen LogP contribution >= 0.6 is 23.1 Å². The van der Waals surface area contributed by atoms with Crippen LogP contribution in [0.3, 0.4) is 0 Å². The first-order valence-corrected chi connectivity index (χ1v) is 7.59. The van der Waals surface area contributed by atoms with Gasteiger partial charge in [0.15, 0.2) is 10.2 Å². The zero-order valence-corrected chi connectivity index (χ0v) is 11.8. The largest absolute Gasteiger partial charge is 0.477 e. The van der Waals surface area contributed by atoms with Gasteiger partial charge in [-0.15, -0.1) is 11.3 Å². The molecule has 100 valence electrons. The first kappa shape index (κ1) is 12.6. The van der Waals surface area contributed by atoms with Crippen molar-refractivity contribution in [2.75, 3.05) is 0 Å². The lowest BCUT2D eigenvalue weighted by atomic mass is 10.4. The number of thioether (sulfide) groups is 1. The average Bonchev–Trinajstić information content (AvgIpc) is 2.98. The van der Waals surface area contributed by atoms with Gasteiger partial charge in [-0.25, -0.2) is 9.78 Å². The van der Waals surface area contributed by atoms with Gasteiger partial charge in [0.25, 0.3) is 0 Å². The second-order valence-electron chi connectivity index (χ2n) is 4.31. The molecule has 0 unspecified atom stereocenters. The number of carbonyl (C=O) groups is 1. The molecule has 1 aliphatic carbocycles. The maximum Gasteiger partial charge on any atom is 0.347 e. The third-order valence-corrected chi connectivity index (χ3v) is 4.99. The van der Waals surface area contributed by atoms with Crippen LogP contribution in [0.5, 0.6) is 0 Å². The summed E-state index contributed by atoms with van der Waals surface area (Å²) >= 11 is 2.61. The van der Waals surface area contributed by atoms with Crippen molar-refractivity contribution in [3.63, 3.8) is 0 Å². The van der Waals surface area contributed by atoms with E-state index in [-0.39, 0.29) is 4.88 Å².